The average Bonchev–Trinajstić information content (AvgIpc) is 3.13. The van der Waals surface area contributed by atoms with Crippen LogP contribution in [0.2, 0.25) is 0 Å². The van der Waals surface area contributed by atoms with E-state index in [0.717, 1.165) is 77.8 Å². The lowest BCUT2D eigenvalue weighted by atomic mass is 9.94. The second-order valence-electron chi connectivity index (χ2n) is 6.33. The van der Waals surface area contributed by atoms with Crippen LogP contribution < -0.4 is 10.6 Å². The van der Waals surface area contributed by atoms with Crippen molar-refractivity contribution in [2.75, 3.05) is 59.8 Å². The summed E-state index contributed by atoms with van der Waals surface area (Å²) in [6, 6.07) is 0. The lowest BCUT2D eigenvalue weighted by Gasteiger charge is -2.34. The van der Waals surface area contributed by atoms with Crippen molar-refractivity contribution in [3.8, 4) is 0 Å². The molecule has 2 fully saturated rings. The van der Waals surface area contributed by atoms with Crippen LogP contribution in [0.25, 0.3) is 0 Å². The topological polar surface area (TPSA) is 73.3 Å². The molecule has 0 saturated carbocycles. The lowest BCUT2D eigenvalue weighted by molar-refractivity contribution is -0.0828. The van der Waals surface area contributed by atoms with Crippen LogP contribution in [-0.4, -0.2) is 77.4 Å². The van der Waals surface area contributed by atoms with Crippen molar-refractivity contribution in [3.63, 3.8) is 0 Å². The van der Waals surface area contributed by atoms with E-state index in [9.17, 15) is 0 Å². The first-order valence-corrected chi connectivity index (χ1v) is 9.12. The van der Waals surface area contributed by atoms with Crippen LogP contribution in [-0.2, 0) is 18.9 Å². The van der Waals surface area contributed by atoms with Crippen LogP contribution in [0.5, 0.6) is 0 Å². The molecule has 7 heteroatoms. The Hall–Kier alpha value is -0.890. The highest BCUT2D eigenvalue weighted by molar-refractivity contribution is 5.79. The molecule has 0 aliphatic carbocycles. The molecule has 0 bridgehead atoms. The summed E-state index contributed by atoms with van der Waals surface area (Å²) in [6.07, 6.45) is 4.03. The predicted molar refractivity (Wildman–Crippen MR) is 93.6 cm³/mol. The van der Waals surface area contributed by atoms with Crippen LogP contribution in [0.4, 0.5) is 0 Å². The number of methoxy groups -OCH3 is 1. The van der Waals surface area contributed by atoms with Crippen molar-refractivity contribution in [1.82, 2.24) is 10.6 Å². The third-order valence-corrected chi connectivity index (χ3v) is 4.56. The smallest absolute Gasteiger partial charge is 0.191 e. The molecule has 0 radical (unpaired) electrons. The number of nitrogens with one attached hydrogen (secondary N) is 2. The molecule has 7 nitrogen and oxygen atoms in total. The zero-order valence-electron chi connectivity index (χ0n) is 15.1. The SMILES string of the molecule is CCNC(=NCC1(OC)CCOCC1)NCCCOC1CCOC1. The standard InChI is InChI=1S/C17H33N3O4/c1-3-18-16(19-8-4-9-24-15-5-10-23-13-15)20-14-17(21-2)6-11-22-12-7-17/h15H,3-14H2,1-2H3,(H2,18,19,20). The van der Waals surface area contributed by atoms with Gasteiger partial charge in [0.25, 0.3) is 0 Å². The van der Waals surface area contributed by atoms with Gasteiger partial charge in [0.1, 0.15) is 0 Å². The maximum atomic E-state index is 5.77. The lowest BCUT2D eigenvalue weighted by Crippen LogP contribution is -2.44. The first kappa shape index (κ1) is 19.4. The Kier molecular flexibility index (Phi) is 8.80. The summed E-state index contributed by atoms with van der Waals surface area (Å²) in [5.41, 5.74) is -0.188. The molecule has 140 valence electrons. The number of aliphatic imine (C=N–C) groups is 1. The van der Waals surface area contributed by atoms with Gasteiger partial charge in [0.05, 0.1) is 24.9 Å². The number of hydrogen-bond acceptors (Lipinski definition) is 5. The number of nitrogens with zero attached hydrogens (tertiary/aromatic N) is 1. The summed E-state index contributed by atoms with van der Waals surface area (Å²) >= 11 is 0. The first-order valence-electron chi connectivity index (χ1n) is 9.12. The van der Waals surface area contributed by atoms with E-state index >= 15 is 0 Å². The van der Waals surface area contributed by atoms with E-state index in [1.54, 1.807) is 7.11 Å². The molecule has 2 aliphatic heterocycles. The normalized spacial score (nSPS) is 24.1. The maximum absolute atomic E-state index is 5.77. The number of hydrogen-bond donors (Lipinski definition) is 2. The first-order chi connectivity index (χ1) is 11.8. The highest BCUT2D eigenvalue weighted by atomic mass is 16.5. The third-order valence-electron chi connectivity index (χ3n) is 4.56. The Morgan fingerprint density at radius 1 is 1.21 bits per heavy atom. The van der Waals surface area contributed by atoms with Gasteiger partial charge < -0.3 is 29.6 Å². The van der Waals surface area contributed by atoms with E-state index in [-0.39, 0.29) is 11.7 Å². The molecule has 2 heterocycles. The van der Waals surface area contributed by atoms with Crippen LogP contribution >= 0.6 is 0 Å². The molecular weight excluding hydrogens is 310 g/mol. The molecule has 0 spiro atoms. The van der Waals surface area contributed by atoms with E-state index in [1.807, 2.05) is 0 Å². The van der Waals surface area contributed by atoms with E-state index in [4.69, 9.17) is 23.9 Å². The van der Waals surface area contributed by atoms with Crippen LogP contribution in [0, 0.1) is 0 Å². The van der Waals surface area contributed by atoms with Gasteiger partial charge in [-0.3, -0.25) is 4.99 Å². The Morgan fingerprint density at radius 3 is 2.71 bits per heavy atom. The highest BCUT2D eigenvalue weighted by Gasteiger charge is 2.32. The van der Waals surface area contributed by atoms with Crippen molar-refractivity contribution < 1.29 is 18.9 Å². The monoisotopic (exact) mass is 343 g/mol. The van der Waals surface area contributed by atoms with Crippen molar-refractivity contribution in [1.29, 1.82) is 0 Å². The van der Waals surface area contributed by atoms with Gasteiger partial charge in [-0.1, -0.05) is 0 Å². The minimum Gasteiger partial charge on any atom is -0.381 e. The number of rotatable bonds is 9. The van der Waals surface area contributed by atoms with Gasteiger partial charge in [-0.05, 0) is 19.8 Å². The summed E-state index contributed by atoms with van der Waals surface area (Å²) in [6.45, 7) is 8.20. The van der Waals surface area contributed by atoms with Crippen molar-refractivity contribution in [2.24, 2.45) is 4.99 Å². The molecule has 0 aromatic carbocycles. The molecule has 1 atom stereocenters. The minimum absolute atomic E-state index is 0.188. The summed E-state index contributed by atoms with van der Waals surface area (Å²) in [7, 11) is 1.77. The van der Waals surface area contributed by atoms with Gasteiger partial charge in [0, 0.05) is 59.5 Å². The molecule has 24 heavy (non-hydrogen) atoms. The quantitative estimate of drug-likeness (QED) is 0.369. The fourth-order valence-corrected chi connectivity index (χ4v) is 2.91. The predicted octanol–water partition coefficient (Wildman–Crippen LogP) is 0.933. The highest BCUT2D eigenvalue weighted by Crippen LogP contribution is 2.24. The van der Waals surface area contributed by atoms with E-state index in [0.29, 0.717) is 6.54 Å². The van der Waals surface area contributed by atoms with Crippen LogP contribution in [0.3, 0.4) is 0 Å². The molecule has 2 aliphatic rings. The van der Waals surface area contributed by atoms with Crippen LogP contribution in [0.1, 0.15) is 32.6 Å². The summed E-state index contributed by atoms with van der Waals surface area (Å²) in [5.74, 6) is 0.838. The maximum Gasteiger partial charge on any atom is 0.191 e. The zero-order chi connectivity index (χ0) is 17.1. The second-order valence-corrected chi connectivity index (χ2v) is 6.33. The van der Waals surface area contributed by atoms with Crippen molar-refractivity contribution >= 4 is 5.96 Å². The fraction of sp³-hybridized carbons (Fsp3) is 0.941. The largest absolute Gasteiger partial charge is 0.381 e. The van der Waals surface area contributed by atoms with Crippen molar-refractivity contribution in [3.05, 3.63) is 0 Å². The number of guanidine groups is 1. The Balaban J connectivity index is 1.69. The van der Waals surface area contributed by atoms with Gasteiger partial charge in [0.15, 0.2) is 5.96 Å². The molecule has 0 amide bonds. The number of ether oxygens (including phenoxy) is 4. The molecule has 2 saturated heterocycles. The molecule has 1 unspecified atom stereocenters. The average molecular weight is 343 g/mol. The zero-order valence-corrected chi connectivity index (χ0v) is 15.1. The van der Waals surface area contributed by atoms with Gasteiger partial charge in [0.2, 0.25) is 0 Å². The Bertz CT molecular complexity index is 367. The third kappa shape index (κ3) is 6.55. The minimum atomic E-state index is -0.188. The Labute approximate surface area is 145 Å². The summed E-state index contributed by atoms with van der Waals surface area (Å²) < 4.78 is 22.2. The van der Waals surface area contributed by atoms with Gasteiger partial charge in [-0.15, -0.1) is 0 Å². The molecule has 2 N–H and O–H groups in total. The molecule has 2 rings (SSSR count). The van der Waals surface area contributed by atoms with Crippen LogP contribution in [0.15, 0.2) is 4.99 Å². The van der Waals surface area contributed by atoms with Gasteiger partial charge >= 0.3 is 0 Å². The summed E-state index contributed by atoms with van der Waals surface area (Å²) in [4.78, 5) is 4.71. The van der Waals surface area contributed by atoms with E-state index < -0.39 is 0 Å². The fourth-order valence-electron chi connectivity index (χ4n) is 2.91. The van der Waals surface area contributed by atoms with E-state index in [1.165, 1.54) is 0 Å². The summed E-state index contributed by atoms with van der Waals surface area (Å²) in [5, 5.41) is 6.65. The second kappa shape index (κ2) is 10.9. The Morgan fingerprint density at radius 2 is 2.04 bits per heavy atom. The molecule has 0 aromatic heterocycles. The van der Waals surface area contributed by atoms with Crippen molar-refractivity contribution in [2.45, 2.75) is 44.3 Å². The van der Waals surface area contributed by atoms with Gasteiger partial charge in [-0.25, -0.2) is 0 Å². The molecular formula is C17H33N3O4. The molecule has 0 aromatic rings. The van der Waals surface area contributed by atoms with Gasteiger partial charge in [-0.2, -0.15) is 0 Å². The van der Waals surface area contributed by atoms with E-state index in [2.05, 4.69) is 17.6 Å².